The molecule has 1 aromatic heterocycles. The maximum absolute atomic E-state index is 5.22. The van der Waals surface area contributed by atoms with E-state index >= 15 is 0 Å². The Balaban J connectivity index is 1.69. The zero-order chi connectivity index (χ0) is 13.9. The average Bonchev–Trinajstić information content (AvgIpc) is 3.29. The molecule has 2 fully saturated rings. The summed E-state index contributed by atoms with van der Waals surface area (Å²) in [5.74, 6) is 1.61. The maximum atomic E-state index is 5.22. The highest BCUT2D eigenvalue weighted by atomic mass is 16.5. The summed E-state index contributed by atoms with van der Waals surface area (Å²) in [7, 11) is 1.67. The lowest BCUT2D eigenvalue weighted by Gasteiger charge is -2.28. The summed E-state index contributed by atoms with van der Waals surface area (Å²) in [6.07, 6.45) is 4.02. The molecule has 110 valence electrons. The van der Waals surface area contributed by atoms with E-state index in [1.807, 2.05) is 12.1 Å². The zero-order valence-electron chi connectivity index (χ0n) is 12.5. The third kappa shape index (κ3) is 3.30. The summed E-state index contributed by atoms with van der Waals surface area (Å²) in [5.41, 5.74) is 1.10. The summed E-state index contributed by atoms with van der Waals surface area (Å²) >= 11 is 0. The van der Waals surface area contributed by atoms with Crippen LogP contribution in [-0.4, -0.2) is 42.2 Å². The molecule has 1 saturated carbocycles. The van der Waals surface area contributed by atoms with E-state index in [0.29, 0.717) is 18.0 Å². The zero-order valence-corrected chi connectivity index (χ0v) is 12.5. The first-order chi connectivity index (χ1) is 9.76. The van der Waals surface area contributed by atoms with Crippen molar-refractivity contribution < 1.29 is 4.74 Å². The van der Waals surface area contributed by atoms with Gasteiger partial charge in [0.25, 0.3) is 0 Å². The van der Waals surface area contributed by atoms with Crippen LogP contribution >= 0.6 is 0 Å². The molecule has 2 atom stereocenters. The molecule has 1 saturated heterocycles. The highest BCUT2D eigenvalue weighted by Crippen LogP contribution is 2.34. The molecular formula is C16H25N3O. The standard InChI is InChI=1S/C16H25N3O/c1-12-8-9-17-15(13-6-7-13)11-19(12)10-14-4-3-5-16(18-14)20-2/h3-5,12-13,15,17H,6-11H2,1-2H3. The second-order valence-electron chi connectivity index (χ2n) is 6.14. The number of nitrogens with zero attached hydrogens (tertiary/aromatic N) is 2. The second-order valence-corrected chi connectivity index (χ2v) is 6.14. The third-order valence-corrected chi connectivity index (χ3v) is 4.57. The Bertz CT molecular complexity index is 447. The molecular weight excluding hydrogens is 250 g/mol. The second kappa shape index (κ2) is 6.10. The van der Waals surface area contributed by atoms with Crippen LogP contribution in [0.2, 0.25) is 0 Å². The van der Waals surface area contributed by atoms with Gasteiger partial charge in [-0.25, -0.2) is 4.98 Å². The van der Waals surface area contributed by atoms with Crippen LogP contribution < -0.4 is 10.1 Å². The predicted octanol–water partition coefficient (Wildman–Crippen LogP) is 2.05. The summed E-state index contributed by atoms with van der Waals surface area (Å²) in [6, 6.07) is 7.31. The average molecular weight is 275 g/mol. The Morgan fingerprint density at radius 2 is 2.20 bits per heavy atom. The van der Waals surface area contributed by atoms with E-state index in [0.717, 1.165) is 31.2 Å². The van der Waals surface area contributed by atoms with E-state index in [1.54, 1.807) is 7.11 Å². The summed E-state index contributed by atoms with van der Waals surface area (Å²) in [6.45, 7) is 5.54. The smallest absolute Gasteiger partial charge is 0.213 e. The molecule has 4 nitrogen and oxygen atoms in total. The molecule has 4 heteroatoms. The largest absolute Gasteiger partial charge is 0.481 e. The molecule has 20 heavy (non-hydrogen) atoms. The van der Waals surface area contributed by atoms with Crippen LogP contribution in [0.15, 0.2) is 18.2 Å². The van der Waals surface area contributed by atoms with E-state index < -0.39 is 0 Å². The lowest BCUT2D eigenvalue weighted by molar-refractivity contribution is 0.188. The number of pyridine rings is 1. The van der Waals surface area contributed by atoms with Gasteiger partial charge in [-0.2, -0.15) is 0 Å². The van der Waals surface area contributed by atoms with Crippen molar-refractivity contribution in [2.45, 2.75) is 44.8 Å². The van der Waals surface area contributed by atoms with Crippen molar-refractivity contribution in [2.24, 2.45) is 5.92 Å². The molecule has 0 bridgehead atoms. The Morgan fingerprint density at radius 1 is 1.35 bits per heavy atom. The SMILES string of the molecule is COc1cccc(CN2CC(C3CC3)NCCC2C)n1. The quantitative estimate of drug-likeness (QED) is 0.912. The van der Waals surface area contributed by atoms with E-state index in [2.05, 4.69) is 28.2 Å². The number of hydrogen-bond donors (Lipinski definition) is 1. The van der Waals surface area contributed by atoms with Gasteiger partial charge >= 0.3 is 0 Å². The van der Waals surface area contributed by atoms with E-state index in [4.69, 9.17) is 4.74 Å². The van der Waals surface area contributed by atoms with Gasteiger partial charge in [0, 0.05) is 31.2 Å². The molecule has 3 rings (SSSR count). The van der Waals surface area contributed by atoms with E-state index in [-0.39, 0.29) is 0 Å². The van der Waals surface area contributed by atoms with Crippen molar-refractivity contribution in [1.29, 1.82) is 0 Å². The highest BCUT2D eigenvalue weighted by molar-refractivity contribution is 5.15. The molecule has 0 aromatic carbocycles. The monoisotopic (exact) mass is 275 g/mol. The summed E-state index contributed by atoms with van der Waals surface area (Å²) in [5, 5.41) is 3.73. The van der Waals surface area contributed by atoms with Gasteiger partial charge in [0.05, 0.1) is 12.8 Å². The fourth-order valence-electron chi connectivity index (χ4n) is 3.06. The minimum Gasteiger partial charge on any atom is -0.481 e. The Labute approximate surface area is 121 Å². The predicted molar refractivity (Wildman–Crippen MR) is 79.8 cm³/mol. The molecule has 2 heterocycles. The fraction of sp³-hybridized carbons (Fsp3) is 0.688. The minimum absolute atomic E-state index is 0.610. The van der Waals surface area contributed by atoms with Gasteiger partial charge in [0.15, 0.2) is 0 Å². The number of aromatic nitrogens is 1. The van der Waals surface area contributed by atoms with Crippen molar-refractivity contribution in [3.05, 3.63) is 23.9 Å². The first-order valence-electron chi connectivity index (χ1n) is 7.73. The number of methoxy groups -OCH3 is 1. The molecule has 1 aliphatic carbocycles. The third-order valence-electron chi connectivity index (χ3n) is 4.57. The van der Waals surface area contributed by atoms with Crippen LogP contribution in [0.5, 0.6) is 5.88 Å². The van der Waals surface area contributed by atoms with Crippen LogP contribution in [0.4, 0.5) is 0 Å². The Morgan fingerprint density at radius 3 is 2.95 bits per heavy atom. The molecule has 1 N–H and O–H groups in total. The highest BCUT2D eigenvalue weighted by Gasteiger charge is 2.34. The first-order valence-corrected chi connectivity index (χ1v) is 7.73. The van der Waals surface area contributed by atoms with Gasteiger partial charge in [0.2, 0.25) is 5.88 Å². The molecule has 1 aliphatic heterocycles. The Kier molecular flexibility index (Phi) is 4.22. The van der Waals surface area contributed by atoms with Crippen LogP contribution in [0.25, 0.3) is 0 Å². The van der Waals surface area contributed by atoms with E-state index in [9.17, 15) is 0 Å². The summed E-state index contributed by atoms with van der Waals surface area (Å²) in [4.78, 5) is 7.13. The van der Waals surface area contributed by atoms with Crippen molar-refractivity contribution >= 4 is 0 Å². The molecule has 2 unspecified atom stereocenters. The maximum Gasteiger partial charge on any atom is 0.213 e. The molecule has 2 aliphatic rings. The fourth-order valence-corrected chi connectivity index (χ4v) is 3.06. The number of nitrogens with one attached hydrogen (secondary N) is 1. The van der Waals surface area contributed by atoms with Gasteiger partial charge < -0.3 is 10.1 Å². The van der Waals surface area contributed by atoms with Crippen LogP contribution in [-0.2, 0) is 6.54 Å². The van der Waals surface area contributed by atoms with Crippen molar-refractivity contribution in [1.82, 2.24) is 15.2 Å². The van der Waals surface area contributed by atoms with Gasteiger partial charge in [-0.1, -0.05) is 6.07 Å². The molecule has 1 aromatic rings. The first kappa shape index (κ1) is 13.8. The number of rotatable bonds is 4. The van der Waals surface area contributed by atoms with Crippen LogP contribution in [0.3, 0.4) is 0 Å². The summed E-state index contributed by atoms with van der Waals surface area (Å²) < 4.78 is 5.22. The van der Waals surface area contributed by atoms with Gasteiger partial charge in [0.1, 0.15) is 0 Å². The number of hydrogen-bond acceptors (Lipinski definition) is 4. The van der Waals surface area contributed by atoms with Crippen molar-refractivity contribution in [2.75, 3.05) is 20.2 Å². The Hall–Kier alpha value is -1.13. The molecule has 0 spiro atoms. The van der Waals surface area contributed by atoms with Gasteiger partial charge in [-0.15, -0.1) is 0 Å². The van der Waals surface area contributed by atoms with Gasteiger partial charge in [-0.05, 0) is 44.7 Å². The lowest BCUT2D eigenvalue weighted by Crippen LogP contribution is -2.41. The minimum atomic E-state index is 0.610. The van der Waals surface area contributed by atoms with Crippen molar-refractivity contribution in [3.8, 4) is 5.88 Å². The molecule has 0 amide bonds. The van der Waals surface area contributed by atoms with E-state index in [1.165, 1.54) is 19.3 Å². The normalized spacial score (nSPS) is 28.1. The number of ether oxygens (including phenoxy) is 1. The topological polar surface area (TPSA) is 37.4 Å². The van der Waals surface area contributed by atoms with Gasteiger partial charge in [-0.3, -0.25) is 4.90 Å². The van der Waals surface area contributed by atoms with Crippen molar-refractivity contribution in [3.63, 3.8) is 0 Å². The van der Waals surface area contributed by atoms with Crippen LogP contribution in [0, 0.1) is 5.92 Å². The van der Waals surface area contributed by atoms with Crippen LogP contribution in [0.1, 0.15) is 31.9 Å². The molecule has 0 radical (unpaired) electrons. The lowest BCUT2D eigenvalue weighted by atomic mass is 10.1.